The second-order valence-electron chi connectivity index (χ2n) is 6.23. The molecular weight excluding hydrogens is 366 g/mol. The zero-order chi connectivity index (χ0) is 21.6. The predicted octanol–water partition coefficient (Wildman–Crippen LogP) is 3.02. The van der Waals surface area contributed by atoms with Crippen molar-refractivity contribution in [3.63, 3.8) is 0 Å². The van der Waals surface area contributed by atoms with Gasteiger partial charge in [0.05, 0.1) is 17.5 Å². The van der Waals surface area contributed by atoms with Gasteiger partial charge in [-0.2, -0.15) is 4.99 Å². The molecule has 0 aliphatic heterocycles. The first-order chi connectivity index (χ1) is 13.0. The second kappa shape index (κ2) is 12.9. The average molecular weight is 389 g/mol. The lowest BCUT2D eigenvalue weighted by molar-refractivity contribution is -0.147. The summed E-state index contributed by atoms with van der Waals surface area (Å²) >= 11 is 0. The highest BCUT2D eigenvalue weighted by Gasteiger charge is 2.11. The summed E-state index contributed by atoms with van der Waals surface area (Å²) in [5, 5.41) is 16.4. The van der Waals surface area contributed by atoms with Gasteiger partial charge in [-0.05, 0) is 39.8 Å². The summed E-state index contributed by atoms with van der Waals surface area (Å²) in [4.78, 5) is 40.3. The quantitative estimate of drug-likeness (QED) is 0.601. The Morgan fingerprint density at radius 2 is 1.75 bits per heavy atom. The molecule has 0 aliphatic carbocycles. The van der Waals surface area contributed by atoms with Crippen LogP contribution in [0.3, 0.4) is 0 Å². The number of rotatable bonds is 4. The fourth-order valence-corrected chi connectivity index (χ4v) is 1.36. The average Bonchev–Trinajstić information content (AvgIpc) is 2.63. The Morgan fingerprint density at radius 3 is 2.07 bits per heavy atom. The summed E-state index contributed by atoms with van der Waals surface area (Å²) in [5.41, 5.74) is 1.43. The molecule has 2 aromatic rings. The highest BCUT2D eigenvalue weighted by atomic mass is 16.5. The number of aryl methyl sites for hydroxylation is 1. The van der Waals surface area contributed by atoms with Crippen molar-refractivity contribution in [2.75, 3.05) is 6.61 Å². The van der Waals surface area contributed by atoms with Crippen molar-refractivity contribution in [3.8, 4) is 0 Å². The molecule has 1 heterocycles. The maximum Gasteiger partial charge on any atom is 0.356 e. The Balaban J connectivity index is 0.000000392. The Morgan fingerprint density at radius 1 is 1.14 bits per heavy atom. The standard InChI is InChI=1S/C8H7NO.C6H12O3.C5H4N2O2/c1-7-2-4-8(5-3-7)9-6-10;1-6(2,3)9-4-5(7)8;8-5(9)4-3-6-1-2-7-4/h2-5H,1H3;4H2,1-3H3,(H,7,8);1-3H,(H,8,9). The van der Waals surface area contributed by atoms with Gasteiger partial charge in [-0.1, -0.05) is 17.7 Å². The molecule has 9 nitrogen and oxygen atoms in total. The number of ether oxygens (including phenoxy) is 1. The van der Waals surface area contributed by atoms with Crippen molar-refractivity contribution in [3.05, 3.63) is 54.1 Å². The molecule has 0 amide bonds. The van der Waals surface area contributed by atoms with Crippen molar-refractivity contribution in [1.29, 1.82) is 0 Å². The van der Waals surface area contributed by atoms with Gasteiger partial charge in [0.1, 0.15) is 6.61 Å². The van der Waals surface area contributed by atoms with E-state index in [0.717, 1.165) is 5.56 Å². The summed E-state index contributed by atoms with van der Waals surface area (Å²) in [6, 6.07) is 7.35. The number of aromatic carboxylic acids is 1. The smallest absolute Gasteiger partial charge is 0.356 e. The minimum absolute atomic E-state index is 0.0301. The van der Waals surface area contributed by atoms with Crippen LogP contribution >= 0.6 is 0 Å². The number of hydrogen-bond acceptors (Lipinski definition) is 7. The van der Waals surface area contributed by atoms with Gasteiger partial charge in [-0.3, -0.25) is 4.98 Å². The van der Waals surface area contributed by atoms with Gasteiger partial charge in [-0.15, -0.1) is 0 Å². The van der Waals surface area contributed by atoms with Gasteiger partial charge < -0.3 is 14.9 Å². The predicted molar refractivity (Wildman–Crippen MR) is 101 cm³/mol. The van der Waals surface area contributed by atoms with Crippen LogP contribution in [0.15, 0.2) is 47.8 Å². The highest BCUT2D eigenvalue weighted by molar-refractivity contribution is 5.84. The number of hydrogen-bond donors (Lipinski definition) is 2. The topological polar surface area (TPSA) is 139 Å². The van der Waals surface area contributed by atoms with Crippen LogP contribution in [0.5, 0.6) is 0 Å². The van der Waals surface area contributed by atoms with Gasteiger partial charge in [-0.25, -0.2) is 19.4 Å². The number of isocyanates is 1. The summed E-state index contributed by atoms with van der Waals surface area (Å²) in [6.07, 6.45) is 5.44. The number of carbonyl (C=O) groups is 2. The molecule has 1 aromatic heterocycles. The molecule has 0 spiro atoms. The third-order valence-corrected chi connectivity index (χ3v) is 2.62. The summed E-state index contributed by atoms with van der Waals surface area (Å²) in [7, 11) is 0. The third-order valence-electron chi connectivity index (χ3n) is 2.62. The molecule has 0 atom stereocenters. The summed E-state index contributed by atoms with van der Waals surface area (Å²) in [5.74, 6) is -1.98. The fraction of sp³-hybridized carbons (Fsp3) is 0.316. The number of nitrogens with zero attached hydrogens (tertiary/aromatic N) is 3. The van der Waals surface area contributed by atoms with Crippen LogP contribution in [-0.4, -0.2) is 50.4 Å². The number of carboxylic acids is 2. The minimum atomic E-state index is -1.05. The van der Waals surface area contributed by atoms with Crippen molar-refractivity contribution in [2.24, 2.45) is 4.99 Å². The molecule has 0 fully saturated rings. The number of aliphatic carboxylic acids is 1. The van der Waals surface area contributed by atoms with E-state index in [1.54, 1.807) is 12.1 Å². The van der Waals surface area contributed by atoms with Crippen molar-refractivity contribution < 1.29 is 29.3 Å². The number of carbonyl (C=O) groups excluding carboxylic acids is 1. The van der Waals surface area contributed by atoms with Crippen molar-refractivity contribution >= 4 is 23.7 Å². The van der Waals surface area contributed by atoms with Crippen LogP contribution in [0, 0.1) is 6.92 Å². The number of aromatic nitrogens is 2. The molecule has 1 aromatic carbocycles. The van der Waals surface area contributed by atoms with Crippen molar-refractivity contribution in [2.45, 2.75) is 33.3 Å². The SMILES string of the molecule is CC(C)(C)OCC(=O)O.Cc1ccc(N=C=O)cc1.O=C(O)c1cnccn1. The molecule has 0 bridgehead atoms. The Kier molecular flexibility index (Phi) is 11.3. The number of aliphatic imine (C=N–C) groups is 1. The molecular formula is C19H23N3O6. The first-order valence-electron chi connectivity index (χ1n) is 8.04. The fourth-order valence-electron chi connectivity index (χ4n) is 1.36. The van der Waals surface area contributed by atoms with E-state index in [9.17, 15) is 14.4 Å². The monoisotopic (exact) mass is 389 g/mol. The molecule has 0 unspecified atom stereocenters. The highest BCUT2D eigenvalue weighted by Crippen LogP contribution is 2.10. The zero-order valence-corrected chi connectivity index (χ0v) is 16.1. The van der Waals surface area contributed by atoms with Crippen LogP contribution in [0.4, 0.5) is 5.69 Å². The van der Waals surface area contributed by atoms with E-state index in [1.165, 1.54) is 24.7 Å². The van der Waals surface area contributed by atoms with Gasteiger partial charge in [0.25, 0.3) is 0 Å². The lowest BCUT2D eigenvalue weighted by Gasteiger charge is -2.17. The molecule has 0 aliphatic rings. The van der Waals surface area contributed by atoms with E-state index >= 15 is 0 Å². The lowest BCUT2D eigenvalue weighted by Crippen LogP contribution is -2.23. The maximum absolute atomic E-state index is 10.1. The Bertz CT molecular complexity index is 780. The Hall–Kier alpha value is -3.42. The second-order valence-corrected chi connectivity index (χ2v) is 6.23. The number of carboxylic acid groups (broad SMARTS) is 2. The van der Waals surface area contributed by atoms with Gasteiger partial charge >= 0.3 is 11.9 Å². The molecule has 2 N–H and O–H groups in total. The van der Waals surface area contributed by atoms with Crippen LogP contribution in [-0.2, 0) is 14.3 Å². The molecule has 2 rings (SSSR count). The van der Waals surface area contributed by atoms with Crippen LogP contribution < -0.4 is 0 Å². The van der Waals surface area contributed by atoms with Gasteiger partial charge in [0, 0.05) is 12.4 Å². The van der Waals surface area contributed by atoms with E-state index < -0.39 is 11.9 Å². The summed E-state index contributed by atoms with van der Waals surface area (Å²) < 4.78 is 4.89. The summed E-state index contributed by atoms with van der Waals surface area (Å²) in [6.45, 7) is 7.21. The van der Waals surface area contributed by atoms with Crippen LogP contribution in [0.1, 0.15) is 36.8 Å². The number of benzene rings is 1. The lowest BCUT2D eigenvalue weighted by atomic mass is 10.2. The van der Waals surface area contributed by atoms with Crippen molar-refractivity contribution in [1.82, 2.24) is 9.97 Å². The van der Waals surface area contributed by atoms with E-state index in [-0.39, 0.29) is 17.9 Å². The normalized spacial score (nSPS) is 9.57. The molecule has 0 saturated carbocycles. The molecule has 150 valence electrons. The molecule has 28 heavy (non-hydrogen) atoms. The Labute approximate surface area is 162 Å². The maximum atomic E-state index is 10.1. The third kappa shape index (κ3) is 13.8. The van der Waals surface area contributed by atoms with E-state index in [4.69, 9.17) is 14.9 Å². The minimum Gasteiger partial charge on any atom is -0.480 e. The van der Waals surface area contributed by atoms with Crippen LogP contribution in [0.2, 0.25) is 0 Å². The van der Waals surface area contributed by atoms with Gasteiger partial charge in [0.15, 0.2) is 5.69 Å². The van der Waals surface area contributed by atoms with E-state index in [2.05, 4.69) is 15.0 Å². The molecule has 0 saturated heterocycles. The molecule has 0 radical (unpaired) electrons. The zero-order valence-electron chi connectivity index (χ0n) is 16.1. The molecule has 9 heteroatoms. The van der Waals surface area contributed by atoms with Gasteiger partial charge in [0.2, 0.25) is 6.08 Å². The van der Waals surface area contributed by atoms with Crippen LogP contribution in [0.25, 0.3) is 0 Å². The van der Waals surface area contributed by atoms with E-state index in [0.29, 0.717) is 5.69 Å². The van der Waals surface area contributed by atoms with E-state index in [1.807, 2.05) is 39.8 Å². The first kappa shape index (κ1) is 24.6. The first-order valence-corrected chi connectivity index (χ1v) is 8.04. The largest absolute Gasteiger partial charge is 0.480 e.